The first-order chi connectivity index (χ1) is 7.74. The Bertz CT molecular complexity index is 403. The van der Waals surface area contributed by atoms with Gasteiger partial charge in [-0.3, -0.25) is 0 Å². The van der Waals surface area contributed by atoms with Crippen LogP contribution in [0.3, 0.4) is 0 Å². The van der Waals surface area contributed by atoms with Crippen molar-refractivity contribution >= 4 is 24.1 Å². The van der Waals surface area contributed by atoms with Crippen molar-refractivity contribution in [2.45, 2.75) is 12.8 Å². The van der Waals surface area contributed by atoms with Gasteiger partial charge in [0.15, 0.2) is 5.75 Å². The molecule has 2 rings (SSSR count). The molecule has 0 amide bonds. The third-order valence-corrected chi connectivity index (χ3v) is 2.88. The molecule has 0 spiro atoms. The predicted molar refractivity (Wildman–Crippen MR) is 68.6 cm³/mol. The van der Waals surface area contributed by atoms with Gasteiger partial charge in [0.2, 0.25) is 0 Å². The maximum Gasteiger partial charge on any atom is 0.339 e. The molecule has 0 aromatic heterocycles. The molecule has 0 aliphatic carbocycles. The van der Waals surface area contributed by atoms with Crippen LogP contribution in [0.2, 0.25) is 0 Å². The van der Waals surface area contributed by atoms with Crippen LogP contribution in [0.4, 0.5) is 5.69 Å². The Morgan fingerprint density at radius 2 is 2.00 bits per heavy atom. The fraction of sp³-hybridized carbons (Fsp3) is 0.417. The van der Waals surface area contributed by atoms with Crippen LogP contribution < -0.4 is 9.64 Å². The van der Waals surface area contributed by atoms with Crippen molar-refractivity contribution in [3.05, 3.63) is 23.8 Å². The molecular weight excluding hydrogens is 242 g/mol. The lowest BCUT2D eigenvalue weighted by Crippen LogP contribution is -2.19. The van der Waals surface area contributed by atoms with E-state index in [2.05, 4.69) is 4.90 Å². The van der Waals surface area contributed by atoms with Crippen molar-refractivity contribution in [1.82, 2.24) is 0 Å². The quantitative estimate of drug-likeness (QED) is 0.904. The predicted octanol–water partition coefficient (Wildman–Crippen LogP) is 2.42. The maximum absolute atomic E-state index is 11.0. The highest BCUT2D eigenvalue weighted by atomic mass is 35.5. The Balaban J connectivity index is 0.00000144. The van der Waals surface area contributed by atoms with Gasteiger partial charge in [0.1, 0.15) is 5.56 Å². The minimum absolute atomic E-state index is 0. The number of para-hydroxylation sites is 1. The molecule has 1 aromatic carbocycles. The number of carboxylic acids is 1. The van der Waals surface area contributed by atoms with Crippen LogP contribution in [-0.4, -0.2) is 31.3 Å². The fourth-order valence-electron chi connectivity index (χ4n) is 2.11. The van der Waals surface area contributed by atoms with E-state index in [9.17, 15) is 4.79 Å². The topological polar surface area (TPSA) is 49.8 Å². The first-order valence-electron chi connectivity index (χ1n) is 5.39. The summed E-state index contributed by atoms with van der Waals surface area (Å²) >= 11 is 0. The van der Waals surface area contributed by atoms with Gasteiger partial charge in [-0.25, -0.2) is 4.79 Å². The summed E-state index contributed by atoms with van der Waals surface area (Å²) in [5.74, 6) is -0.477. The second-order valence-electron chi connectivity index (χ2n) is 3.86. The Morgan fingerprint density at radius 3 is 2.53 bits per heavy atom. The largest absolute Gasteiger partial charge is 0.494 e. The van der Waals surface area contributed by atoms with Gasteiger partial charge >= 0.3 is 5.97 Å². The molecule has 0 saturated carbocycles. The summed E-state index contributed by atoms with van der Waals surface area (Å²) in [6, 6.07) is 5.25. The number of rotatable bonds is 3. The van der Waals surface area contributed by atoms with Crippen LogP contribution in [0, 0.1) is 0 Å². The molecule has 17 heavy (non-hydrogen) atoms. The minimum atomic E-state index is -0.946. The molecule has 5 heteroatoms. The number of hydrogen-bond donors (Lipinski definition) is 1. The van der Waals surface area contributed by atoms with Crippen LogP contribution >= 0.6 is 12.4 Å². The first kappa shape index (κ1) is 13.6. The average molecular weight is 258 g/mol. The van der Waals surface area contributed by atoms with Gasteiger partial charge in [-0.15, -0.1) is 12.4 Å². The second-order valence-corrected chi connectivity index (χ2v) is 3.86. The highest BCUT2D eigenvalue weighted by molar-refractivity contribution is 5.93. The van der Waals surface area contributed by atoms with E-state index in [1.807, 2.05) is 6.07 Å². The van der Waals surface area contributed by atoms with E-state index in [0.717, 1.165) is 31.6 Å². The van der Waals surface area contributed by atoms with E-state index < -0.39 is 5.97 Å². The number of aromatic carboxylic acids is 1. The molecule has 0 atom stereocenters. The number of benzene rings is 1. The molecule has 4 nitrogen and oxygen atoms in total. The Morgan fingerprint density at radius 1 is 1.35 bits per heavy atom. The number of nitrogens with zero attached hydrogens (tertiary/aromatic N) is 1. The monoisotopic (exact) mass is 257 g/mol. The zero-order valence-corrected chi connectivity index (χ0v) is 10.5. The van der Waals surface area contributed by atoms with Crippen molar-refractivity contribution in [3.8, 4) is 5.75 Å². The smallest absolute Gasteiger partial charge is 0.339 e. The van der Waals surface area contributed by atoms with Crippen LogP contribution in [-0.2, 0) is 0 Å². The molecule has 0 bridgehead atoms. The molecule has 0 unspecified atom stereocenters. The molecule has 1 aliphatic rings. The Labute approximate surface area is 107 Å². The van der Waals surface area contributed by atoms with Gasteiger partial charge in [-0.05, 0) is 25.0 Å². The Hall–Kier alpha value is -1.42. The number of anilines is 1. The number of carbonyl (C=O) groups is 1. The number of halogens is 1. The van der Waals surface area contributed by atoms with Crippen molar-refractivity contribution < 1.29 is 14.6 Å². The van der Waals surface area contributed by atoms with E-state index in [1.54, 1.807) is 12.1 Å². The number of carboxylic acid groups (broad SMARTS) is 1. The SMILES string of the molecule is COc1c(C(=O)O)cccc1N1CCCC1.Cl. The van der Waals surface area contributed by atoms with Crippen molar-refractivity contribution in [2.24, 2.45) is 0 Å². The molecule has 1 fully saturated rings. The summed E-state index contributed by atoms with van der Waals surface area (Å²) in [6.07, 6.45) is 2.31. The first-order valence-corrected chi connectivity index (χ1v) is 5.39. The lowest BCUT2D eigenvalue weighted by atomic mass is 10.1. The second kappa shape index (κ2) is 5.77. The van der Waals surface area contributed by atoms with Crippen LogP contribution in [0.1, 0.15) is 23.2 Å². The third kappa shape index (κ3) is 2.64. The Kier molecular flexibility index (Phi) is 4.63. The van der Waals surface area contributed by atoms with Gasteiger partial charge < -0.3 is 14.7 Å². The highest BCUT2D eigenvalue weighted by Crippen LogP contribution is 2.33. The van der Waals surface area contributed by atoms with Crippen molar-refractivity contribution in [1.29, 1.82) is 0 Å². The molecule has 1 saturated heterocycles. The van der Waals surface area contributed by atoms with Crippen LogP contribution in [0.15, 0.2) is 18.2 Å². The van der Waals surface area contributed by atoms with Crippen LogP contribution in [0.5, 0.6) is 5.75 Å². The summed E-state index contributed by atoms with van der Waals surface area (Å²) in [5.41, 5.74) is 1.12. The number of methoxy groups -OCH3 is 1. The van der Waals surface area contributed by atoms with Crippen molar-refractivity contribution in [2.75, 3.05) is 25.1 Å². The lowest BCUT2D eigenvalue weighted by molar-refractivity contribution is 0.0693. The third-order valence-electron chi connectivity index (χ3n) is 2.88. The van der Waals surface area contributed by atoms with Gasteiger partial charge in [0, 0.05) is 13.1 Å². The zero-order chi connectivity index (χ0) is 11.5. The highest BCUT2D eigenvalue weighted by Gasteiger charge is 2.20. The molecule has 94 valence electrons. The van der Waals surface area contributed by atoms with Gasteiger partial charge in [-0.1, -0.05) is 6.07 Å². The number of ether oxygens (including phenoxy) is 1. The average Bonchev–Trinajstić information content (AvgIpc) is 2.81. The molecule has 0 radical (unpaired) electrons. The normalized spacial score (nSPS) is 14.3. The van der Waals surface area contributed by atoms with Crippen molar-refractivity contribution in [3.63, 3.8) is 0 Å². The summed E-state index contributed by atoms with van der Waals surface area (Å²) in [6.45, 7) is 1.94. The number of hydrogen-bond acceptors (Lipinski definition) is 3. The summed E-state index contributed by atoms with van der Waals surface area (Å²) < 4.78 is 5.23. The minimum Gasteiger partial charge on any atom is -0.494 e. The van der Waals surface area contributed by atoms with Gasteiger partial charge in [0.25, 0.3) is 0 Å². The summed E-state index contributed by atoms with van der Waals surface area (Å²) in [7, 11) is 1.52. The summed E-state index contributed by atoms with van der Waals surface area (Å²) in [4.78, 5) is 13.2. The van der Waals surface area contributed by atoms with E-state index in [1.165, 1.54) is 7.11 Å². The molecule has 1 aromatic rings. The molecule has 1 N–H and O–H groups in total. The van der Waals surface area contributed by atoms with E-state index in [0.29, 0.717) is 5.75 Å². The molecule has 1 aliphatic heterocycles. The molecule has 1 heterocycles. The fourth-order valence-corrected chi connectivity index (χ4v) is 2.11. The van der Waals surface area contributed by atoms with Gasteiger partial charge in [-0.2, -0.15) is 0 Å². The molecular formula is C12H16ClNO3. The van der Waals surface area contributed by atoms with E-state index in [4.69, 9.17) is 9.84 Å². The van der Waals surface area contributed by atoms with Gasteiger partial charge in [0.05, 0.1) is 12.8 Å². The zero-order valence-electron chi connectivity index (χ0n) is 9.68. The standard InChI is InChI=1S/C12H15NO3.ClH/c1-16-11-9(12(14)15)5-4-6-10(11)13-7-2-3-8-13;/h4-6H,2-3,7-8H2,1H3,(H,14,15);1H. The lowest BCUT2D eigenvalue weighted by Gasteiger charge is -2.21. The van der Waals surface area contributed by atoms with E-state index in [-0.39, 0.29) is 18.0 Å². The summed E-state index contributed by atoms with van der Waals surface area (Å²) in [5, 5.41) is 9.07. The maximum atomic E-state index is 11.0. The van der Waals surface area contributed by atoms with Crippen LogP contribution in [0.25, 0.3) is 0 Å². The van der Waals surface area contributed by atoms with E-state index >= 15 is 0 Å².